The Balaban J connectivity index is 0. The van der Waals surface area contributed by atoms with Gasteiger partial charge in [-0.2, -0.15) is 30.3 Å². The van der Waals surface area contributed by atoms with Crippen molar-refractivity contribution in [3.05, 3.63) is 35.9 Å². The van der Waals surface area contributed by atoms with Gasteiger partial charge in [-0.1, -0.05) is 13.3 Å². The predicted octanol–water partition coefficient (Wildman–Crippen LogP) is -0.658. The van der Waals surface area contributed by atoms with E-state index in [0.717, 1.165) is 6.54 Å². The van der Waals surface area contributed by atoms with Gasteiger partial charge < -0.3 is 21.9 Å². The molecule has 80 valence electrons. The number of hydrogen-bond acceptors (Lipinski definition) is 1. The number of benzene rings is 1. The topological polar surface area (TPSA) is 3.24 Å². The van der Waals surface area contributed by atoms with Gasteiger partial charge in [-0.25, -0.2) is 0 Å². The summed E-state index contributed by atoms with van der Waals surface area (Å²) in [4.78, 5) is 2.35. The Kier molecular flexibility index (Phi) is 13.0. The minimum absolute atomic E-state index is 0. The summed E-state index contributed by atoms with van der Waals surface area (Å²) in [5.41, 5.74) is 1.35. The van der Waals surface area contributed by atoms with Gasteiger partial charge in [-0.3, -0.25) is 0 Å². The second kappa shape index (κ2) is 10.9. The molecule has 0 aliphatic heterocycles. The molecule has 3 heteroatoms. The Morgan fingerprint density at radius 3 is 2.67 bits per heavy atom. The van der Waals surface area contributed by atoms with Crippen molar-refractivity contribution >= 4 is 23.1 Å². The fraction of sp³-hybridized carbons (Fsp3) is 0.500. The molecule has 0 bridgehead atoms. The van der Waals surface area contributed by atoms with E-state index < -0.39 is 0 Å². The molecule has 0 atom stereocenters. The molecule has 0 aromatic heterocycles. The fourth-order valence-electron chi connectivity index (χ4n) is 1.35. The molecule has 0 amide bonds. The zero-order chi connectivity index (χ0) is 9.52. The predicted molar refractivity (Wildman–Crippen MR) is 62.3 cm³/mol. The molecular formula is C12H18BrMgN. The molecule has 0 aliphatic carbocycles. The van der Waals surface area contributed by atoms with Crippen molar-refractivity contribution in [1.29, 1.82) is 0 Å². The van der Waals surface area contributed by atoms with Crippen LogP contribution in [0.5, 0.6) is 0 Å². The van der Waals surface area contributed by atoms with Gasteiger partial charge in [0.05, 0.1) is 0 Å². The molecule has 1 aromatic carbocycles. The maximum Gasteiger partial charge on any atom is 2.00 e. The average Bonchev–Trinajstić information content (AvgIpc) is 2.16. The first-order chi connectivity index (χ1) is 6.33. The first-order valence-corrected chi connectivity index (χ1v) is 4.96. The Bertz CT molecular complexity index is 228. The van der Waals surface area contributed by atoms with Crippen LogP contribution in [0.3, 0.4) is 0 Å². The van der Waals surface area contributed by atoms with Crippen LogP contribution in [0.2, 0.25) is 0 Å². The summed E-state index contributed by atoms with van der Waals surface area (Å²) >= 11 is 0. The van der Waals surface area contributed by atoms with E-state index in [1.165, 1.54) is 24.9 Å². The zero-order valence-corrected chi connectivity index (χ0v) is 12.7. The van der Waals surface area contributed by atoms with Gasteiger partial charge in [0, 0.05) is 0 Å². The van der Waals surface area contributed by atoms with E-state index in [4.69, 9.17) is 0 Å². The summed E-state index contributed by atoms with van der Waals surface area (Å²) in [7, 11) is 2.17. The third-order valence-corrected chi connectivity index (χ3v) is 2.12. The SMILES string of the molecule is CCCCN(C)Cc1c[c-]ccc1.[Br-].[Mg+2]. The van der Waals surface area contributed by atoms with Crippen molar-refractivity contribution in [2.45, 2.75) is 26.3 Å². The normalized spacial score (nSPS) is 9.27. The number of nitrogens with zero attached hydrogens (tertiary/aromatic N) is 1. The van der Waals surface area contributed by atoms with Gasteiger partial charge in [0.25, 0.3) is 0 Å². The van der Waals surface area contributed by atoms with Crippen LogP contribution in [0.15, 0.2) is 24.3 Å². The summed E-state index contributed by atoms with van der Waals surface area (Å²) < 4.78 is 0. The van der Waals surface area contributed by atoms with E-state index in [0.29, 0.717) is 0 Å². The number of hydrogen-bond donors (Lipinski definition) is 0. The van der Waals surface area contributed by atoms with Crippen molar-refractivity contribution in [2.75, 3.05) is 13.6 Å². The Hall–Kier alpha value is 0.426. The van der Waals surface area contributed by atoms with Crippen molar-refractivity contribution in [3.63, 3.8) is 0 Å². The molecule has 0 N–H and O–H groups in total. The van der Waals surface area contributed by atoms with Crippen molar-refractivity contribution in [3.8, 4) is 0 Å². The van der Waals surface area contributed by atoms with Crippen molar-refractivity contribution in [2.24, 2.45) is 0 Å². The minimum atomic E-state index is 0. The summed E-state index contributed by atoms with van der Waals surface area (Å²) in [6.45, 7) is 4.45. The molecule has 0 unspecified atom stereocenters. The third kappa shape index (κ3) is 8.26. The van der Waals surface area contributed by atoms with Gasteiger partial charge in [0.15, 0.2) is 0 Å². The Labute approximate surface area is 120 Å². The summed E-state index contributed by atoms with van der Waals surface area (Å²) in [6.07, 6.45) is 2.55. The van der Waals surface area contributed by atoms with Gasteiger partial charge >= 0.3 is 23.1 Å². The zero-order valence-electron chi connectivity index (χ0n) is 9.67. The molecule has 0 radical (unpaired) electrons. The summed E-state index contributed by atoms with van der Waals surface area (Å²) in [5.74, 6) is 0. The molecule has 0 aliphatic rings. The molecular weight excluding hydrogens is 262 g/mol. The molecule has 1 aromatic rings. The van der Waals surface area contributed by atoms with E-state index in [-0.39, 0.29) is 40.0 Å². The molecule has 1 nitrogen and oxygen atoms in total. The molecule has 15 heavy (non-hydrogen) atoms. The monoisotopic (exact) mass is 279 g/mol. The van der Waals surface area contributed by atoms with Crippen LogP contribution in [-0.2, 0) is 6.54 Å². The molecule has 0 spiro atoms. The van der Waals surface area contributed by atoms with E-state index in [1.807, 2.05) is 12.1 Å². The summed E-state index contributed by atoms with van der Waals surface area (Å²) in [6, 6.07) is 11.3. The van der Waals surface area contributed by atoms with E-state index in [1.54, 1.807) is 0 Å². The van der Waals surface area contributed by atoms with Gasteiger partial charge in [-0.05, 0) is 26.6 Å². The van der Waals surface area contributed by atoms with Gasteiger partial charge in [0.2, 0.25) is 0 Å². The van der Waals surface area contributed by atoms with Crippen molar-refractivity contribution < 1.29 is 17.0 Å². The first-order valence-electron chi connectivity index (χ1n) is 4.96. The van der Waals surface area contributed by atoms with E-state index in [9.17, 15) is 0 Å². The van der Waals surface area contributed by atoms with E-state index >= 15 is 0 Å². The minimum Gasteiger partial charge on any atom is -1.00 e. The van der Waals surface area contributed by atoms with Crippen LogP contribution in [0.25, 0.3) is 0 Å². The van der Waals surface area contributed by atoms with Crippen LogP contribution >= 0.6 is 0 Å². The second-order valence-corrected chi connectivity index (χ2v) is 3.50. The number of unbranched alkanes of at least 4 members (excludes halogenated alkanes) is 1. The molecule has 0 heterocycles. The van der Waals surface area contributed by atoms with Crippen LogP contribution in [-0.4, -0.2) is 41.5 Å². The molecule has 0 saturated heterocycles. The largest absolute Gasteiger partial charge is 2.00 e. The molecule has 1 rings (SSSR count). The van der Waals surface area contributed by atoms with Crippen molar-refractivity contribution in [1.82, 2.24) is 4.90 Å². The third-order valence-electron chi connectivity index (χ3n) is 2.12. The first kappa shape index (κ1) is 17.8. The Morgan fingerprint density at radius 1 is 1.40 bits per heavy atom. The second-order valence-electron chi connectivity index (χ2n) is 3.50. The maximum absolute atomic E-state index is 3.10. The van der Waals surface area contributed by atoms with Crippen LogP contribution in [0.1, 0.15) is 25.3 Å². The molecule has 0 saturated carbocycles. The quantitative estimate of drug-likeness (QED) is 0.511. The number of halogens is 1. The molecule has 0 fully saturated rings. The van der Waals surface area contributed by atoms with Crippen LogP contribution in [0, 0.1) is 6.07 Å². The van der Waals surface area contributed by atoms with Crippen LogP contribution in [0.4, 0.5) is 0 Å². The Morgan fingerprint density at radius 2 is 2.13 bits per heavy atom. The summed E-state index contributed by atoms with van der Waals surface area (Å²) in [5, 5.41) is 0. The fourth-order valence-corrected chi connectivity index (χ4v) is 1.35. The van der Waals surface area contributed by atoms with Gasteiger partial charge in [-0.15, -0.1) is 5.56 Å². The van der Waals surface area contributed by atoms with Crippen LogP contribution < -0.4 is 17.0 Å². The maximum atomic E-state index is 3.10. The standard InChI is InChI=1S/C12H18N.BrH.Mg/c1-3-4-10-13(2)11-12-8-6-5-7-9-12;;/h5-6,8-9H,3-4,10-11H2,1-2H3;1H;/q-1;;+2/p-1. The average molecular weight is 280 g/mol. The smallest absolute Gasteiger partial charge is 1.00 e. The number of rotatable bonds is 5. The van der Waals surface area contributed by atoms with E-state index in [2.05, 4.69) is 37.1 Å². The van der Waals surface area contributed by atoms with Gasteiger partial charge in [0.1, 0.15) is 0 Å².